The molecule has 0 amide bonds. The molecule has 0 saturated carbocycles. The van der Waals surface area contributed by atoms with E-state index in [1.165, 1.54) is 67.5 Å². The standard InChI is InChI=1S/C19H22N4.C11H16N2/c1-22(17-11-5-7-14-8-6-12-20-19(14)17)13-18-21-15-9-3-4-10-16(15)23(18)2;1-2-7-13(8-3-1)10-11-5-4-6-12-9-11/h3-4,6,8-10,12,17H,5,7,11,13H2,1-2H3;4-6,9H,1-3,7-8,10H2. The van der Waals surface area contributed by atoms with Gasteiger partial charge in [0.2, 0.25) is 0 Å². The van der Waals surface area contributed by atoms with E-state index < -0.39 is 0 Å². The largest absolute Gasteiger partial charge is 0.330 e. The highest BCUT2D eigenvalue weighted by Crippen LogP contribution is 2.32. The Kier molecular flexibility index (Phi) is 8.04. The first-order chi connectivity index (χ1) is 17.7. The summed E-state index contributed by atoms with van der Waals surface area (Å²) in [7, 11) is 4.29. The third kappa shape index (κ3) is 5.82. The fourth-order valence-corrected chi connectivity index (χ4v) is 5.55. The number of benzene rings is 1. The Morgan fingerprint density at radius 3 is 2.58 bits per heavy atom. The van der Waals surface area contributed by atoms with Crippen LogP contribution in [0.5, 0.6) is 0 Å². The first kappa shape index (κ1) is 24.6. The summed E-state index contributed by atoms with van der Waals surface area (Å²) in [6.45, 7) is 4.43. The summed E-state index contributed by atoms with van der Waals surface area (Å²) in [5, 5.41) is 0. The lowest BCUT2D eigenvalue weighted by molar-refractivity contribution is 0.202. The van der Waals surface area contributed by atoms with Crippen molar-refractivity contribution in [3.63, 3.8) is 0 Å². The molecule has 1 atom stereocenters. The summed E-state index contributed by atoms with van der Waals surface area (Å²) in [6, 6.07) is 17.1. The first-order valence-corrected chi connectivity index (χ1v) is 13.3. The smallest absolute Gasteiger partial charge is 0.123 e. The van der Waals surface area contributed by atoms with Crippen LogP contribution >= 0.6 is 0 Å². The van der Waals surface area contributed by atoms with Gasteiger partial charge in [-0.2, -0.15) is 0 Å². The van der Waals surface area contributed by atoms with Gasteiger partial charge in [-0.25, -0.2) is 4.98 Å². The van der Waals surface area contributed by atoms with Gasteiger partial charge < -0.3 is 4.57 Å². The number of pyridine rings is 2. The number of piperidine rings is 1. The number of aryl methyl sites for hydroxylation is 2. The fraction of sp³-hybridized carbons (Fsp3) is 0.433. The van der Waals surface area contributed by atoms with Gasteiger partial charge in [-0.15, -0.1) is 0 Å². The number of hydrogen-bond donors (Lipinski definition) is 0. The van der Waals surface area contributed by atoms with Crippen molar-refractivity contribution < 1.29 is 0 Å². The molecule has 1 aliphatic heterocycles. The summed E-state index contributed by atoms with van der Waals surface area (Å²) in [4.78, 5) is 18.5. The van der Waals surface area contributed by atoms with Crippen LogP contribution in [-0.4, -0.2) is 49.5 Å². The third-order valence-corrected chi connectivity index (χ3v) is 7.55. The average Bonchev–Trinajstić information content (AvgIpc) is 3.25. The van der Waals surface area contributed by atoms with E-state index in [-0.39, 0.29) is 0 Å². The van der Waals surface area contributed by atoms with E-state index in [4.69, 9.17) is 4.98 Å². The number of likely N-dealkylation sites (tertiary alicyclic amines) is 1. The van der Waals surface area contributed by atoms with E-state index in [1.54, 1.807) is 0 Å². The topological polar surface area (TPSA) is 50.1 Å². The monoisotopic (exact) mass is 482 g/mol. The number of imidazole rings is 1. The van der Waals surface area contributed by atoms with E-state index in [0.717, 1.165) is 30.9 Å². The van der Waals surface area contributed by atoms with Crippen molar-refractivity contribution in [2.24, 2.45) is 7.05 Å². The van der Waals surface area contributed by atoms with Crippen LogP contribution in [0.15, 0.2) is 67.1 Å². The molecule has 188 valence electrons. The van der Waals surface area contributed by atoms with Gasteiger partial charge in [0, 0.05) is 32.2 Å². The van der Waals surface area contributed by atoms with Crippen molar-refractivity contribution in [2.75, 3.05) is 20.1 Å². The molecule has 6 heteroatoms. The molecule has 1 saturated heterocycles. The van der Waals surface area contributed by atoms with E-state index in [1.807, 2.05) is 36.8 Å². The number of rotatable bonds is 5. The second kappa shape index (κ2) is 11.8. The predicted molar refractivity (Wildman–Crippen MR) is 145 cm³/mol. The van der Waals surface area contributed by atoms with Crippen LogP contribution in [-0.2, 0) is 26.6 Å². The minimum Gasteiger partial charge on any atom is -0.330 e. The summed E-state index contributed by atoms with van der Waals surface area (Å²) >= 11 is 0. The molecule has 1 fully saturated rings. The maximum atomic E-state index is 4.80. The van der Waals surface area contributed by atoms with Gasteiger partial charge in [-0.05, 0) is 87.6 Å². The van der Waals surface area contributed by atoms with Crippen LogP contribution in [0, 0.1) is 0 Å². The highest BCUT2D eigenvalue weighted by atomic mass is 15.2. The molecule has 0 spiro atoms. The molecule has 36 heavy (non-hydrogen) atoms. The van der Waals surface area contributed by atoms with Crippen molar-refractivity contribution in [1.82, 2.24) is 29.3 Å². The highest BCUT2D eigenvalue weighted by Gasteiger charge is 2.25. The molecule has 1 aromatic carbocycles. The van der Waals surface area contributed by atoms with Crippen molar-refractivity contribution in [1.29, 1.82) is 0 Å². The minimum absolute atomic E-state index is 0.389. The van der Waals surface area contributed by atoms with Gasteiger partial charge in [0.1, 0.15) is 5.82 Å². The van der Waals surface area contributed by atoms with Crippen LogP contribution in [0.2, 0.25) is 0 Å². The Balaban J connectivity index is 0.000000174. The van der Waals surface area contributed by atoms with Gasteiger partial charge >= 0.3 is 0 Å². The average molecular weight is 483 g/mol. The first-order valence-electron chi connectivity index (χ1n) is 13.3. The molecule has 6 nitrogen and oxygen atoms in total. The van der Waals surface area contributed by atoms with Gasteiger partial charge in [-0.1, -0.05) is 30.7 Å². The zero-order valence-corrected chi connectivity index (χ0v) is 21.7. The molecule has 0 radical (unpaired) electrons. The van der Waals surface area contributed by atoms with Crippen molar-refractivity contribution in [3.8, 4) is 0 Å². The molecule has 2 aliphatic rings. The van der Waals surface area contributed by atoms with Gasteiger partial charge in [0.25, 0.3) is 0 Å². The molecular weight excluding hydrogens is 444 g/mol. The van der Waals surface area contributed by atoms with Gasteiger partial charge in [0.05, 0.1) is 29.3 Å². The number of nitrogens with zero attached hydrogens (tertiary/aromatic N) is 6. The molecule has 1 aliphatic carbocycles. The van der Waals surface area contributed by atoms with Crippen molar-refractivity contribution in [3.05, 3.63) is 89.8 Å². The van der Waals surface area contributed by atoms with E-state index in [9.17, 15) is 0 Å². The van der Waals surface area contributed by atoms with Gasteiger partial charge in [0.15, 0.2) is 0 Å². The predicted octanol–water partition coefficient (Wildman–Crippen LogP) is 5.55. The summed E-state index contributed by atoms with van der Waals surface area (Å²) in [5.74, 6) is 1.11. The van der Waals surface area contributed by atoms with Crippen LogP contribution in [0.1, 0.15) is 60.8 Å². The van der Waals surface area contributed by atoms with E-state index in [2.05, 4.69) is 68.8 Å². The van der Waals surface area contributed by atoms with Crippen LogP contribution in [0.25, 0.3) is 11.0 Å². The third-order valence-electron chi connectivity index (χ3n) is 7.55. The molecule has 0 bridgehead atoms. The number of para-hydroxylation sites is 2. The van der Waals surface area contributed by atoms with E-state index in [0.29, 0.717) is 6.04 Å². The molecule has 4 aromatic rings. The zero-order chi connectivity index (χ0) is 24.7. The molecule has 6 rings (SSSR count). The summed E-state index contributed by atoms with van der Waals surface area (Å²) in [6.07, 6.45) is 13.4. The lowest BCUT2D eigenvalue weighted by atomic mass is 9.91. The number of hydrogen-bond acceptors (Lipinski definition) is 5. The normalized spacial score (nSPS) is 18.0. The van der Waals surface area contributed by atoms with Gasteiger partial charge in [-0.3, -0.25) is 19.8 Å². The lowest BCUT2D eigenvalue weighted by Gasteiger charge is -2.32. The van der Waals surface area contributed by atoms with E-state index >= 15 is 0 Å². The second-order valence-electron chi connectivity index (χ2n) is 10.1. The highest BCUT2D eigenvalue weighted by molar-refractivity contribution is 5.75. The molecule has 4 heterocycles. The summed E-state index contributed by atoms with van der Waals surface area (Å²) < 4.78 is 2.20. The summed E-state index contributed by atoms with van der Waals surface area (Å²) in [5.41, 5.74) is 6.25. The molecule has 3 aromatic heterocycles. The maximum Gasteiger partial charge on any atom is 0.123 e. The quantitative estimate of drug-likeness (QED) is 0.374. The number of fused-ring (bicyclic) bond motifs is 2. The van der Waals surface area contributed by atoms with Crippen molar-refractivity contribution in [2.45, 2.75) is 57.7 Å². The Bertz CT molecular complexity index is 1240. The maximum absolute atomic E-state index is 4.80. The van der Waals surface area contributed by atoms with Crippen LogP contribution in [0.4, 0.5) is 0 Å². The molecule has 0 N–H and O–H groups in total. The van der Waals surface area contributed by atoms with Crippen LogP contribution in [0.3, 0.4) is 0 Å². The Labute approximate surface area is 215 Å². The minimum atomic E-state index is 0.389. The van der Waals surface area contributed by atoms with Crippen molar-refractivity contribution >= 4 is 11.0 Å². The Hall–Kier alpha value is -3.09. The molecular formula is C30H38N6. The Morgan fingerprint density at radius 1 is 0.944 bits per heavy atom. The Morgan fingerprint density at radius 2 is 1.78 bits per heavy atom. The SMILES string of the molecule is CN(Cc1nc2ccccc2n1C)C1CCCc2cccnc21.c1cncc(CN2CCCCC2)c1. The fourth-order valence-electron chi connectivity index (χ4n) is 5.55. The number of aromatic nitrogens is 4. The lowest BCUT2D eigenvalue weighted by Crippen LogP contribution is -2.29. The second-order valence-corrected chi connectivity index (χ2v) is 10.1. The molecule has 1 unspecified atom stereocenters. The zero-order valence-electron chi connectivity index (χ0n) is 21.7. The van der Waals surface area contributed by atoms with Crippen LogP contribution < -0.4 is 0 Å².